The van der Waals surface area contributed by atoms with Gasteiger partial charge in [0.05, 0.1) is 6.61 Å². The Hall–Kier alpha value is -1.43. The third-order valence-corrected chi connectivity index (χ3v) is 2.95. The van der Waals surface area contributed by atoms with Gasteiger partial charge in [-0.15, -0.1) is 0 Å². The highest BCUT2D eigenvalue weighted by Gasteiger charge is 2.48. The summed E-state index contributed by atoms with van der Waals surface area (Å²) < 4.78 is 15.9. The van der Waals surface area contributed by atoms with Gasteiger partial charge in [0, 0.05) is 5.56 Å². The maximum absolute atomic E-state index is 11.2. The SMILES string of the molecule is O=C1O[C@@H]2CO[C@H](c3ccccc3)O[C@@H]2[C@@H]1O. The highest BCUT2D eigenvalue weighted by molar-refractivity contribution is 5.77. The molecule has 1 N–H and O–H groups in total. The molecule has 17 heavy (non-hydrogen) atoms. The van der Waals surface area contributed by atoms with Crippen molar-refractivity contribution in [3.8, 4) is 0 Å². The Morgan fingerprint density at radius 2 is 2.00 bits per heavy atom. The van der Waals surface area contributed by atoms with E-state index in [1.54, 1.807) is 0 Å². The first-order valence-corrected chi connectivity index (χ1v) is 5.46. The van der Waals surface area contributed by atoms with Crippen LogP contribution in [0.1, 0.15) is 11.9 Å². The van der Waals surface area contributed by atoms with Crippen LogP contribution in [0.5, 0.6) is 0 Å². The molecule has 1 aromatic rings. The second-order valence-corrected chi connectivity index (χ2v) is 4.10. The van der Waals surface area contributed by atoms with Gasteiger partial charge < -0.3 is 19.3 Å². The van der Waals surface area contributed by atoms with E-state index in [1.165, 1.54) is 0 Å². The molecular weight excluding hydrogens is 224 g/mol. The molecule has 1 aromatic carbocycles. The zero-order valence-electron chi connectivity index (χ0n) is 8.98. The van der Waals surface area contributed by atoms with Gasteiger partial charge in [0.25, 0.3) is 0 Å². The summed E-state index contributed by atoms with van der Waals surface area (Å²) in [6, 6.07) is 9.39. The van der Waals surface area contributed by atoms with Crippen LogP contribution in [0.15, 0.2) is 30.3 Å². The van der Waals surface area contributed by atoms with Crippen LogP contribution in [0.3, 0.4) is 0 Å². The molecule has 0 bridgehead atoms. The number of rotatable bonds is 1. The number of fused-ring (bicyclic) bond motifs is 1. The molecule has 0 saturated carbocycles. The number of aliphatic hydroxyl groups is 1. The number of aliphatic hydroxyl groups excluding tert-OH is 1. The molecule has 0 amide bonds. The maximum Gasteiger partial charge on any atom is 0.338 e. The molecule has 2 aliphatic heterocycles. The van der Waals surface area contributed by atoms with Crippen LogP contribution in [-0.2, 0) is 19.0 Å². The predicted molar refractivity (Wildman–Crippen MR) is 55.9 cm³/mol. The molecular formula is C12H12O5. The van der Waals surface area contributed by atoms with Gasteiger partial charge in [-0.2, -0.15) is 0 Å². The maximum atomic E-state index is 11.2. The second kappa shape index (κ2) is 4.10. The fraction of sp³-hybridized carbons (Fsp3) is 0.417. The Kier molecular flexibility index (Phi) is 2.58. The number of carbonyl (C=O) groups is 1. The van der Waals surface area contributed by atoms with Crippen molar-refractivity contribution < 1.29 is 24.1 Å². The van der Waals surface area contributed by atoms with Crippen LogP contribution in [0.2, 0.25) is 0 Å². The molecule has 2 fully saturated rings. The predicted octanol–water partition coefficient (Wildman–Crippen LogP) is 0.387. The number of benzene rings is 1. The molecule has 0 aliphatic carbocycles. The van der Waals surface area contributed by atoms with E-state index in [1.807, 2.05) is 30.3 Å². The summed E-state index contributed by atoms with van der Waals surface area (Å²) in [5.74, 6) is -0.641. The van der Waals surface area contributed by atoms with Crippen LogP contribution in [-0.4, -0.2) is 36.0 Å². The molecule has 5 heteroatoms. The van der Waals surface area contributed by atoms with Crippen molar-refractivity contribution in [1.29, 1.82) is 0 Å². The van der Waals surface area contributed by atoms with Crippen molar-refractivity contribution in [3.63, 3.8) is 0 Å². The lowest BCUT2D eigenvalue weighted by atomic mass is 10.1. The van der Waals surface area contributed by atoms with Gasteiger partial charge in [-0.25, -0.2) is 4.79 Å². The minimum Gasteiger partial charge on any atom is -0.455 e. The van der Waals surface area contributed by atoms with Crippen LogP contribution in [0.4, 0.5) is 0 Å². The molecule has 90 valence electrons. The third-order valence-electron chi connectivity index (χ3n) is 2.95. The van der Waals surface area contributed by atoms with Crippen LogP contribution >= 0.6 is 0 Å². The zero-order valence-corrected chi connectivity index (χ0v) is 8.98. The summed E-state index contributed by atoms with van der Waals surface area (Å²) >= 11 is 0. The van der Waals surface area contributed by atoms with Crippen LogP contribution in [0.25, 0.3) is 0 Å². The zero-order chi connectivity index (χ0) is 11.8. The fourth-order valence-electron chi connectivity index (χ4n) is 2.06. The van der Waals surface area contributed by atoms with E-state index in [9.17, 15) is 9.90 Å². The minimum absolute atomic E-state index is 0.243. The molecule has 3 rings (SSSR count). The first-order chi connectivity index (χ1) is 8.25. The molecule has 0 unspecified atom stereocenters. The van der Waals surface area contributed by atoms with Crippen molar-refractivity contribution in [2.75, 3.05) is 6.61 Å². The summed E-state index contributed by atoms with van der Waals surface area (Å²) in [5.41, 5.74) is 0.859. The number of carbonyl (C=O) groups excluding carboxylic acids is 1. The fourth-order valence-corrected chi connectivity index (χ4v) is 2.06. The number of hydrogen-bond donors (Lipinski definition) is 1. The van der Waals surface area contributed by atoms with Crippen molar-refractivity contribution in [2.45, 2.75) is 24.6 Å². The largest absolute Gasteiger partial charge is 0.455 e. The van der Waals surface area contributed by atoms with E-state index >= 15 is 0 Å². The molecule has 2 saturated heterocycles. The molecule has 2 aliphatic rings. The van der Waals surface area contributed by atoms with Gasteiger partial charge in [0.15, 0.2) is 18.5 Å². The van der Waals surface area contributed by atoms with Gasteiger partial charge in [-0.05, 0) is 0 Å². The van der Waals surface area contributed by atoms with E-state index in [-0.39, 0.29) is 6.61 Å². The highest BCUT2D eigenvalue weighted by Crippen LogP contribution is 2.32. The lowest BCUT2D eigenvalue weighted by Crippen LogP contribution is -2.42. The molecule has 0 spiro atoms. The Morgan fingerprint density at radius 3 is 2.76 bits per heavy atom. The van der Waals surface area contributed by atoms with E-state index in [4.69, 9.17) is 14.2 Å². The van der Waals surface area contributed by atoms with E-state index in [0.29, 0.717) is 0 Å². The lowest BCUT2D eigenvalue weighted by molar-refractivity contribution is -0.251. The van der Waals surface area contributed by atoms with E-state index in [0.717, 1.165) is 5.56 Å². The standard InChI is InChI=1S/C12H12O5/c13-9-10-8(16-11(9)14)6-15-12(17-10)7-4-2-1-3-5-7/h1-5,8-10,12-13H,6H2/t8-,9+,10+,12+/m1/s1. The van der Waals surface area contributed by atoms with Crippen molar-refractivity contribution >= 4 is 5.97 Å². The smallest absolute Gasteiger partial charge is 0.338 e. The average Bonchev–Trinajstić information content (AvgIpc) is 2.66. The summed E-state index contributed by atoms with van der Waals surface area (Å²) in [7, 11) is 0. The van der Waals surface area contributed by atoms with Gasteiger partial charge in [-0.1, -0.05) is 30.3 Å². The Balaban J connectivity index is 1.78. The summed E-state index contributed by atoms with van der Waals surface area (Å²) in [5, 5.41) is 9.60. The number of hydrogen-bond acceptors (Lipinski definition) is 5. The minimum atomic E-state index is -1.21. The topological polar surface area (TPSA) is 65.0 Å². The van der Waals surface area contributed by atoms with Gasteiger partial charge in [0.1, 0.15) is 6.10 Å². The third kappa shape index (κ3) is 1.82. The Morgan fingerprint density at radius 1 is 1.24 bits per heavy atom. The van der Waals surface area contributed by atoms with Gasteiger partial charge in [-0.3, -0.25) is 0 Å². The molecule has 2 heterocycles. The average molecular weight is 236 g/mol. The summed E-state index contributed by atoms with van der Waals surface area (Å²) in [4.78, 5) is 11.2. The molecule has 0 radical (unpaired) electrons. The Bertz CT molecular complexity index is 418. The van der Waals surface area contributed by atoms with Gasteiger partial charge in [0.2, 0.25) is 0 Å². The monoisotopic (exact) mass is 236 g/mol. The first-order valence-electron chi connectivity index (χ1n) is 5.46. The van der Waals surface area contributed by atoms with E-state index < -0.39 is 30.6 Å². The second-order valence-electron chi connectivity index (χ2n) is 4.10. The number of ether oxygens (including phenoxy) is 3. The van der Waals surface area contributed by atoms with Gasteiger partial charge >= 0.3 is 5.97 Å². The summed E-state index contributed by atoms with van der Waals surface area (Å²) in [6.07, 6.45) is -2.91. The first kappa shape index (κ1) is 10.7. The molecule has 5 nitrogen and oxygen atoms in total. The highest BCUT2D eigenvalue weighted by atomic mass is 16.7. The van der Waals surface area contributed by atoms with Crippen molar-refractivity contribution in [2.24, 2.45) is 0 Å². The number of esters is 1. The van der Waals surface area contributed by atoms with Crippen LogP contribution < -0.4 is 0 Å². The van der Waals surface area contributed by atoms with E-state index in [2.05, 4.69) is 0 Å². The summed E-state index contributed by atoms with van der Waals surface area (Å²) in [6.45, 7) is 0.243. The lowest BCUT2D eigenvalue weighted by Gasteiger charge is -2.31. The molecule has 0 aromatic heterocycles. The Labute approximate surface area is 97.9 Å². The van der Waals surface area contributed by atoms with Crippen LogP contribution in [0, 0.1) is 0 Å². The van der Waals surface area contributed by atoms with Crippen molar-refractivity contribution in [3.05, 3.63) is 35.9 Å². The quantitative estimate of drug-likeness (QED) is 0.714. The normalized spacial score (nSPS) is 36.4. The molecule has 4 atom stereocenters. The van der Waals surface area contributed by atoms with Crippen molar-refractivity contribution in [1.82, 2.24) is 0 Å².